The normalized spacial score (nSPS) is 11.0. The molecular weight excluding hydrogens is 457 g/mol. The zero-order chi connectivity index (χ0) is 22.6. The standard InChI is InChI=1S/C30H26S3/c1-3-5-11-23-19-25-27(31-23)15-13-21-9-7-8-10-22(21)14-16-28-26(30-18-17-29(25)33-30)20-24(32-28)12-6-4-2/h7-10,17-20H,3-6,11-12H2,1-2H3. The number of thiophene rings is 3. The summed E-state index contributed by atoms with van der Waals surface area (Å²) in [5, 5.41) is 4.59. The van der Waals surface area contributed by atoms with E-state index in [9.17, 15) is 0 Å². The molecule has 0 atom stereocenters. The monoisotopic (exact) mass is 482 g/mol. The Morgan fingerprint density at radius 1 is 0.606 bits per heavy atom. The number of hydrogen-bond acceptors (Lipinski definition) is 3. The molecule has 0 aliphatic carbocycles. The van der Waals surface area contributed by atoms with Crippen LogP contribution in [0.25, 0.3) is 40.3 Å². The van der Waals surface area contributed by atoms with Crippen LogP contribution in [0.15, 0.2) is 48.5 Å². The SMILES string of the molecule is CCCCc1cc2c(c#cc3ccccc3c#cc3sc(CCCC)cc3c3ccc2s3)s1. The maximum atomic E-state index is 3.51. The molecule has 3 heteroatoms. The van der Waals surface area contributed by atoms with Gasteiger partial charge in [0.1, 0.15) is 0 Å². The molecule has 4 aromatic heterocycles. The lowest BCUT2D eigenvalue weighted by Crippen LogP contribution is -1.76. The summed E-state index contributed by atoms with van der Waals surface area (Å²) in [4.78, 5) is 2.87. The zero-order valence-corrected chi connectivity index (χ0v) is 21.5. The number of fused-ring (bicyclic) bond motifs is 7. The fraction of sp³-hybridized carbons (Fsp3) is 0.267. The van der Waals surface area contributed by atoms with Gasteiger partial charge in [-0.15, -0.1) is 34.0 Å². The van der Waals surface area contributed by atoms with E-state index >= 15 is 0 Å². The van der Waals surface area contributed by atoms with Crippen molar-refractivity contribution in [2.45, 2.75) is 52.4 Å². The Morgan fingerprint density at radius 3 is 1.55 bits per heavy atom. The number of aryl methyl sites for hydroxylation is 2. The number of unbranched alkanes of at least 4 members (excludes halogenated alkanes) is 2. The van der Waals surface area contributed by atoms with Crippen LogP contribution in [-0.4, -0.2) is 0 Å². The molecule has 0 nitrogen and oxygen atoms in total. The van der Waals surface area contributed by atoms with E-state index in [1.165, 1.54) is 65.0 Å². The first-order valence-electron chi connectivity index (χ1n) is 11.7. The van der Waals surface area contributed by atoms with E-state index in [-0.39, 0.29) is 0 Å². The average Bonchev–Trinajstić information content (AvgIpc) is 3.56. The fourth-order valence-corrected chi connectivity index (χ4v) is 7.27. The van der Waals surface area contributed by atoms with E-state index in [0.29, 0.717) is 0 Å². The van der Waals surface area contributed by atoms with Gasteiger partial charge in [-0.25, -0.2) is 0 Å². The Morgan fingerprint density at radius 2 is 1.09 bits per heavy atom. The summed E-state index contributed by atoms with van der Waals surface area (Å²) in [6.07, 6.45) is 7.13. The summed E-state index contributed by atoms with van der Waals surface area (Å²) in [7, 11) is 0. The van der Waals surface area contributed by atoms with E-state index in [4.69, 9.17) is 0 Å². The second-order valence-corrected chi connectivity index (χ2v) is 11.7. The van der Waals surface area contributed by atoms with Crippen molar-refractivity contribution in [2.75, 3.05) is 0 Å². The van der Waals surface area contributed by atoms with Crippen molar-refractivity contribution in [3.63, 3.8) is 0 Å². The minimum Gasteiger partial charge on any atom is -0.135 e. The zero-order valence-electron chi connectivity index (χ0n) is 19.1. The van der Waals surface area contributed by atoms with Gasteiger partial charge in [0.25, 0.3) is 0 Å². The van der Waals surface area contributed by atoms with Gasteiger partial charge in [-0.3, -0.25) is 0 Å². The molecule has 0 saturated heterocycles. The van der Waals surface area contributed by atoms with Crippen molar-refractivity contribution in [1.82, 2.24) is 0 Å². The minimum absolute atomic E-state index is 1.01. The molecule has 33 heavy (non-hydrogen) atoms. The van der Waals surface area contributed by atoms with Crippen LogP contribution in [0.1, 0.15) is 49.3 Å². The molecule has 0 N–H and O–H groups in total. The molecule has 5 aromatic rings. The Hall–Kier alpha value is -2.56. The van der Waals surface area contributed by atoms with Crippen molar-refractivity contribution in [1.29, 1.82) is 0 Å². The molecule has 0 saturated carbocycles. The van der Waals surface area contributed by atoms with E-state index in [2.05, 4.69) is 86.6 Å². The van der Waals surface area contributed by atoms with Gasteiger partial charge in [-0.2, -0.15) is 0 Å². The Balaban J connectivity index is 1.85. The van der Waals surface area contributed by atoms with E-state index in [1.54, 1.807) is 0 Å². The molecule has 4 heterocycles. The molecular formula is C30H26S3. The van der Waals surface area contributed by atoms with Crippen LogP contribution in [0.5, 0.6) is 0 Å². The highest BCUT2D eigenvalue weighted by Gasteiger charge is 2.07. The van der Waals surface area contributed by atoms with Crippen molar-refractivity contribution in [3.8, 4) is 0 Å². The van der Waals surface area contributed by atoms with Gasteiger partial charge in [0, 0.05) is 40.7 Å². The number of benzene rings is 1. The molecule has 5 rings (SSSR count). The molecule has 0 amide bonds. The van der Waals surface area contributed by atoms with Crippen LogP contribution >= 0.6 is 34.0 Å². The van der Waals surface area contributed by atoms with Gasteiger partial charge in [0.2, 0.25) is 0 Å². The first-order valence-corrected chi connectivity index (χ1v) is 14.2. The quantitative estimate of drug-likeness (QED) is 0.226. The summed E-state index contributed by atoms with van der Waals surface area (Å²) >= 11 is 5.59. The van der Waals surface area contributed by atoms with Gasteiger partial charge in [0.15, 0.2) is 0 Å². The van der Waals surface area contributed by atoms with Crippen LogP contribution in [0.4, 0.5) is 0 Å². The summed E-state index contributed by atoms with van der Waals surface area (Å²) in [6.45, 7) is 4.51. The van der Waals surface area contributed by atoms with Crippen LogP contribution in [-0.2, 0) is 12.8 Å². The van der Waals surface area contributed by atoms with E-state index in [0.717, 1.165) is 23.6 Å². The Kier molecular flexibility index (Phi) is 6.84. The smallest absolute Gasteiger partial charge is 0.0861 e. The van der Waals surface area contributed by atoms with Crippen LogP contribution in [0, 0.1) is 24.3 Å². The summed E-state index contributed by atoms with van der Waals surface area (Å²) < 4.78 is 4.96. The van der Waals surface area contributed by atoms with Crippen LogP contribution in [0.2, 0.25) is 0 Å². The first kappa shape index (κ1) is 22.2. The molecule has 0 spiro atoms. The summed E-state index contributed by atoms with van der Waals surface area (Å²) in [6, 6.07) is 31.5. The Bertz CT molecular complexity index is 1380. The first-order chi connectivity index (χ1) is 16.2. The van der Waals surface area contributed by atoms with Crippen molar-refractivity contribution in [3.05, 3.63) is 82.6 Å². The molecule has 164 valence electrons. The predicted octanol–water partition coefficient (Wildman–Crippen LogP) is 10.1. The third-order valence-electron chi connectivity index (χ3n) is 5.81. The lowest BCUT2D eigenvalue weighted by molar-refractivity contribution is 0.804. The maximum absolute atomic E-state index is 3.51. The van der Waals surface area contributed by atoms with Gasteiger partial charge in [0.05, 0.1) is 9.40 Å². The topological polar surface area (TPSA) is 0 Å². The molecule has 0 aliphatic heterocycles. The fourth-order valence-electron chi connectivity index (χ4n) is 3.96. The van der Waals surface area contributed by atoms with Crippen LogP contribution in [0.3, 0.4) is 0 Å². The Labute approximate surface area is 208 Å². The molecule has 1 aromatic carbocycles. The van der Waals surface area contributed by atoms with E-state index in [1.807, 2.05) is 34.0 Å². The van der Waals surface area contributed by atoms with E-state index < -0.39 is 0 Å². The second kappa shape index (κ2) is 10.1. The molecule has 2 bridgehead atoms. The van der Waals surface area contributed by atoms with Crippen molar-refractivity contribution >= 4 is 74.4 Å². The summed E-state index contributed by atoms with van der Waals surface area (Å²) in [5.74, 6) is 0. The number of hydrogen-bond donors (Lipinski definition) is 0. The highest BCUT2D eigenvalue weighted by molar-refractivity contribution is 7.27. The van der Waals surface area contributed by atoms with Crippen LogP contribution < -0.4 is 0 Å². The lowest BCUT2D eigenvalue weighted by atomic mass is 10.2. The largest absolute Gasteiger partial charge is 0.135 e. The predicted molar refractivity (Wildman–Crippen MR) is 149 cm³/mol. The number of rotatable bonds is 6. The average molecular weight is 483 g/mol. The third-order valence-corrected chi connectivity index (χ3v) is 9.18. The minimum atomic E-state index is 1.01. The van der Waals surface area contributed by atoms with Crippen molar-refractivity contribution in [2.24, 2.45) is 0 Å². The maximum Gasteiger partial charge on any atom is 0.0861 e. The van der Waals surface area contributed by atoms with Gasteiger partial charge in [-0.05, 0) is 74.2 Å². The molecule has 0 unspecified atom stereocenters. The third kappa shape index (κ3) is 4.87. The van der Waals surface area contributed by atoms with Gasteiger partial charge < -0.3 is 0 Å². The summed E-state index contributed by atoms with van der Waals surface area (Å²) in [5.41, 5.74) is 0. The molecule has 0 aliphatic rings. The highest BCUT2D eigenvalue weighted by atomic mass is 32.1. The van der Waals surface area contributed by atoms with Gasteiger partial charge in [-0.1, -0.05) is 51.0 Å². The molecule has 0 radical (unpaired) electrons. The molecule has 0 fully saturated rings. The van der Waals surface area contributed by atoms with Crippen molar-refractivity contribution < 1.29 is 0 Å². The van der Waals surface area contributed by atoms with Gasteiger partial charge >= 0.3 is 0 Å². The highest BCUT2D eigenvalue weighted by Crippen LogP contribution is 2.35. The second-order valence-electron chi connectivity index (χ2n) is 8.33. The lowest BCUT2D eigenvalue weighted by Gasteiger charge is -1.91.